The lowest BCUT2D eigenvalue weighted by molar-refractivity contribution is -0.132. The van der Waals surface area contributed by atoms with Crippen molar-refractivity contribution >= 4 is 40.7 Å². The molecule has 1 heterocycles. The van der Waals surface area contributed by atoms with Crippen molar-refractivity contribution in [2.45, 2.75) is 0 Å². The molecule has 0 atom stereocenters. The number of phenols is 1. The van der Waals surface area contributed by atoms with Crippen LogP contribution in [0, 0.1) is 0 Å². The van der Waals surface area contributed by atoms with E-state index in [0.29, 0.717) is 16.5 Å². The average molecular weight is 460 g/mol. The number of carboxylic acid groups (broad SMARTS) is 1. The number of benzene rings is 3. The van der Waals surface area contributed by atoms with E-state index in [1.807, 2.05) is 0 Å². The molecule has 4 rings (SSSR count). The van der Waals surface area contributed by atoms with Crippen LogP contribution in [0.5, 0.6) is 5.75 Å². The molecule has 10 heteroatoms. The van der Waals surface area contributed by atoms with E-state index in [2.05, 4.69) is 10.6 Å². The second kappa shape index (κ2) is 8.87. The Bertz CT molecular complexity index is 1500. The topological polar surface area (TPSA) is 163 Å². The summed E-state index contributed by atoms with van der Waals surface area (Å²) in [5, 5.41) is 24.8. The molecule has 0 radical (unpaired) electrons. The Balaban J connectivity index is 1.85. The third kappa shape index (κ3) is 4.32. The van der Waals surface area contributed by atoms with E-state index in [-0.39, 0.29) is 45.6 Å². The van der Waals surface area contributed by atoms with Crippen molar-refractivity contribution in [2.75, 3.05) is 11.9 Å². The molecule has 1 aliphatic carbocycles. The summed E-state index contributed by atoms with van der Waals surface area (Å²) in [4.78, 5) is 57.4. The van der Waals surface area contributed by atoms with Crippen LogP contribution < -0.4 is 16.1 Å². The third-order valence-electron chi connectivity index (χ3n) is 5.01. The number of nitrogens with one attached hydrogen (secondary N) is 2. The SMILES string of the molecule is O=CC(=O)NCC(=O)Nc1ccc(-c2c3ccc(=O)cc-3oc3cc(O)ccc23)c(C(=O)O)c1. The monoisotopic (exact) mass is 460 g/mol. The maximum Gasteiger partial charge on any atom is 0.336 e. The maximum atomic E-state index is 12.1. The minimum atomic E-state index is -1.28. The van der Waals surface area contributed by atoms with E-state index in [0.717, 1.165) is 0 Å². The number of hydrogen-bond acceptors (Lipinski definition) is 7. The van der Waals surface area contributed by atoms with E-state index in [1.165, 1.54) is 48.5 Å². The second-order valence-corrected chi connectivity index (χ2v) is 7.26. The highest BCUT2D eigenvalue weighted by atomic mass is 16.4. The van der Waals surface area contributed by atoms with Crippen LogP contribution in [-0.2, 0) is 14.4 Å². The molecule has 0 bridgehead atoms. The lowest BCUT2D eigenvalue weighted by atomic mass is 9.90. The Morgan fingerprint density at radius 3 is 2.47 bits per heavy atom. The lowest BCUT2D eigenvalue weighted by Crippen LogP contribution is -2.33. The van der Waals surface area contributed by atoms with Gasteiger partial charge in [-0.25, -0.2) is 4.79 Å². The smallest absolute Gasteiger partial charge is 0.336 e. The number of amides is 2. The molecule has 10 nitrogen and oxygen atoms in total. The number of aromatic hydroxyl groups is 1. The van der Waals surface area contributed by atoms with Crippen molar-refractivity contribution in [1.29, 1.82) is 0 Å². The van der Waals surface area contributed by atoms with Gasteiger partial charge < -0.3 is 25.3 Å². The normalized spacial score (nSPS) is 10.7. The van der Waals surface area contributed by atoms with E-state index in [4.69, 9.17) is 4.42 Å². The zero-order valence-electron chi connectivity index (χ0n) is 17.3. The summed E-state index contributed by atoms with van der Waals surface area (Å²) in [6.07, 6.45) is 0.0287. The fraction of sp³-hybridized carbons (Fsp3) is 0.0417. The third-order valence-corrected chi connectivity index (χ3v) is 5.01. The molecule has 2 aromatic carbocycles. The molecule has 0 aromatic heterocycles. The Morgan fingerprint density at radius 2 is 1.74 bits per heavy atom. The molecule has 0 saturated carbocycles. The van der Waals surface area contributed by atoms with Crippen LogP contribution in [0.4, 0.5) is 5.69 Å². The summed E-state index contributed by atoms with van der Waals surface area (Å²) in [7, 11) is 0. The molecule has 0 saturated heterocycles. The number of carboxylic acids is 1. The first kappa shape index (κ1) is 22.2. The summed E-state index contributed by atoms with van der Waals surface area (Å²) in [5.74, 6) is -2.76. The van der Waals surface area contributed by atoms with Crippen molar-refractivity contribution < 1.29 is 33.8 Å². The predicted octanol–water partition coefficient (Wildman–Crippen LogP) is 2.22. The molecule has 2 aliphatic rings. The average Bonchev–Trinajstić information content (AvgIpc) is 2.80. The maximum absolute atomic E-state index is 12.1. The second-order valence-electron chi connectivity index (χ2n) is 7.26. The van der Waals surface area contributed by atoms with Gasteiger partial charge in [0.15, 0.2) is 5.43 Å². The highest BCUT2D eigenvalue weighted by Gasteiger charge is 2.22. The number of fused-ring (bicyclic) bond motifs is 2. The Labute approximate surface area is 190 Å². The lowest BCUT2D eigenvalue weighted by Gasteiger charge is -2.17. The molecule has 0 fully saturated rings. The number of aromatic carboxylic acids is 1. The van der Waals surface area contributed by atoms with Crippen molar-refractivity contribution in [3.05, 3.63) is 70.4 Å². The van der Waals surface area contributed by atoms with Gasteiger partial charge in [0.25, 0.3) is 5.91 Å². The first-order valence-corrected chi connectivity index (χ1v) is 9.87. The number of hydrogen-bond donors (Lipinski definition) is 4. The number of anilines is 1. The van der Waals surface area contributed by atoms with Crippen LogP contribution in [0.25, 0.3) is 33.4 Å². The van der Waals surface area contributed by atoms with Crippen LogP contribution in [-0.4, -0.2) is 40.8 Å². The highest BCUT2D eigenvalue weighted by Crippen LogP contribution is 2.42. The number of phenolic OH excluding ortho intramolecular Hbond substituents is 1. The zero-order chi connectivity index (χ0) is 24.4. The number of aldehydes is 1. The van der Waals surface area contributed by atoms with Gasteiger partial charge in [-0.15, -0.1) is 0 Å². The van der Waals surface area contributed by atoms with E-state index in [1.54, 1.807) is 6.07 Å². The van der Waals surface area contributed by atoms with Gasteiger partial charge in [-0.05, 0) is 42.0 Å². The molecule has 0 unspecified atom stereocenters. The quantitative estimate of drug-likeness (QED) is 0.193. The van der Waals surface area contributed by atoms with Crippen LogP contribution in [0.1, 0.15) is 10.4 Å². The Kier molecular flexibility index (Phi) is 5.79. The zero-order valence-corrected chi connectivity index (χ0v) is 17.3. The Hall–Kier alpha value is -4.99. The summed E-state index contributed by atoms with van der Waals surface area (Å²) < 4.78 is 5.78. The molecular weight excluding hydrogens is 444 g/mol. The molecule has 0 spiro atoms. The van der Waals surface area contributed by atoms with Gasteiger partial charge in [-0.1, -0.05) is 6.07 Å². The van der Waals surface area contributed by atoms with Gasteiger partial charge in [0, 0.05) is 34.3 Å². The van der Waals surface area contributed by atoms with Crippen LogP contribution in [0.15, 0.2) is 63.8 Å². The van der Waals surface area contributed by atoms with Gasteiger partial charge in [-0.3, -0.25) is 19.2 Å². The molecule has 1 aliphatic heterocycles. The molecule has 4 N–H and O–H groups in total. The van der Waals surface area contributed by atoms with E-state index >= 15 is 0 Å². The molecule has 2 aromatic rings. The fourth-order valence-corrected chi connectivity index (χ4v) is 3.58. The summed E-state index contributed by atoms with van der Waals surface area (Å²) in [6.45, 7) is -0.474. The largest absolute Gasteiger partial charge is 0.508 e. The predicted molar refractivity (Wildman–Crippen MR) is 121 cm³/mol. The van der Waals surface area contributed by atoms with E-state index in [9.17, 15) is 34.2 Å². The van der Waals surface area contributed by atoms with Crippen molar-refractivity contribution in [2.24, 2.45) is 0 Å². The number of carbonyl (C=O) groups excluding carboxylic acids is 3. The van der Waals surface area contributed by atoms with Crippen LogP contribution in [0.3, 0.4) is 0 Å². The van der Waals surface area contributed by atoms with Gasteiger partial charge >= 0.3 is 5.97 Å². The number of rotatable bonds is 6. The van der Waals surface area contributed by atoms with E-state index < -0.39 is 24.3 Å². The van der Waals surface area contributed by atoms with Crippen LogP contribution >= 0.6 is 0 Å². The molecule has 34 heavy (non-hydrogen) atoms. The Morgan fingerprint density at radius 1 is 0.971 bits per heavy atom. The number of carbonyl (C=O) groups is 4. The van der Waals surface area contributed by atoms with Crippen LogP contribution in [0.2, 0.25) is 0 Å². The molecular formula is C24H16N2O8. The standard InChI is InChI=1S/C24H16N2O8/c27-11-22(31)25-10-21(30)26-12-1-4-15(18(7-12)24(32)33)23-16-5-2-13(28)8-19(16)34-20-9-14(29)3-6-17(20)23/h1-9,11,28H,10H2,(H,25,31)(H,26,30)(H,32,33). The summed E-state index contributed by atoms with van der Waals surface area (Å²) >= 11 is 0. The van der Waals surface area contributed by atoms with Crippen molar-refractivity contribution in [3.63, 3.8) is 0 Å². The first-order chi connectivity index (χ1) is 16.3. The molecule has 2 amide bonds. The summed E-state index contributed by atoms with van der Waals surface area (Å²) in [5.41, 5.74) is 1.17. The minimum absolute atomic E-state index is 0.0287. The fourth-order valence-electron chi connectivity index (χ4n) is 3.58. The highest BCUT2D eigenvalue weighted by molar-refractivity contribution is 6.24. The van der Waals surface area contributed by atoms with Gasteiger partial charge in [-0.2, -0.15) is 0 Å². The van der Waals surface area contributed by atoms with Gasteiger partial charge in [0.1, 0.15) is 17.1 Å². The minimum Gasteiger partial charge on any atom is -0.508 e. The first-order valence-electron chi connectivity index (χ1n) is 9.87. The molecule has 170 valence electrons. The van der Waals surface area contributed by atoms with Crippen molar-refractivity contribution in [3.8, 4) is 28.2 Å². The van der Waals surface area contributed by atoms with Gasteiger partial charge in [0.05, 0.1) is 12.1 Å². The van der Waals surface area contributed by atoms with Gasteiger partial charge in [0.2, 0.25) is 12.2 Å². The van der Waals surface area contributed by atoms with Crippen molar-refractivity contribution in [1.82, 2.24) is 5.32 Å². The summed E-state index contributed by atoms with van der Waals surface area (Å²) in [6, 6.07) is 12.7.